The molecule has 0 saturated heterocycles. The zero-order valence-electron chi connectivity index (χ0n) is 8.66. The van der Waals surface area contributed by atoms with Crippen LogP contribution in [0.2, 0.25) is 0 Å². The predicted octanol–water partition coefficient (Wildman–Crippen LogP) is 3.80. The molecule has 0 aliphatic carbocycles. The van der Waals surface area contributed by atoms with E-state index in [1.165, 1.54) is 6.92 Å². The van der Waals surface area contributed by atoms with Crippen LogP contribution in [-0.4, -0.2) is 5.78 Å². The van der Waals surface area contributed by atoms with Gasteiger partial charge in [-0.3, -0.25) is 4.79 Å². The van der Waals surface area contributed by atoms with Crippen LogP contribution in [0, 0.1) is 0 Å². The number of ketones is 1. The maximum Gasteiger partial charge on any atom is 0.157 e. The Balaban J connectivity index is 3.16. The summed E-state index contributed by atoms with van der Waals surface area (Å²) in [6.07, 6.45) is 2.19. The molecular formula is C13H13ClO. The highest BCUT2D eigenvalue weighted by Gasteiger charge is 2.09. The quantitative estimate of drug-likeness (QED) is 0.557. The number of carbonyl (C=O) groups excluding carboxylic acids is 1. The Morgan fingerprint density at radius 1 is 1.40 bits per heavy atom. The second-order valence-electron chi connectivity index (χ2n) is 3.21. The molecule has 0 spiro atoms. The van der Waals surface area contributed by atoms with E-state index in [1.54, 1.807) is 6.08 Å². The molecule has 2 heteroatoms. The Morgan fingerprint density at radius 3 is 2.47 bits per heavy atom. The summed E-state index contributed by atoms with van der Waals surface area (Å²) in [5, 5.41) is 0.517. The lowest BCUT2D eigenvalue weighted by Crippen LogP contribution is -1.97. The van der Waals surface area contributed by atoms with E-state index >= 15 is 0 Å². The first-order valence-corrected chi connectivity index (χ1v) is 5.10. The minimum atomic E-state index is -0.0104. The molecule has 0 fully saturated rings. The van der Waals surface area contributed by atoms with Crippen LogP contribution in [0.3, 0.4) is 0 Å². The molecule has 0 N–H and O–H groups in total. The van der Waals surface area contributed by atoms with E-state index in [2.05, 4.69) is 6.58 Å². The van der Waals surface area contributed by atoms with Gasteiger partial charge < -0.3 is 0 Å². The van der Waals surface area contributed by atoms with Gasteiger partial charge in [0.1, 0.15) is 0 Å². The topological polar surface area (TPSA) is 17.1 Å². The molecule has 0 unspecified atom stereocenters. The van der Waals surface area contributed by atoms with Crippen LogP contribution in [0.4, 0.5) is 0 Å². The highest BCUT2D eigenvalue weighted by Crippen LogP contribution is 2.25. The summed E-state index contributed by atoms with van der Waals surface area (Å²) in [5.41, 5.74) is 1.48. The van der Waals surface area contributed by atoms with Gasteiger partial charge in [0.05, 0.1) is 5.03 Å². The smallest absolute Gasteiger partial charge is 0.157 e. The van der Waals surface area contributed by atoms with Crippen molar-refractivity contribution in [3.8, 4) is 0 Å². The summed E-state index contributed by atoms with van der Waals surface area (Å²) >= 11 is 6.16. The maximum atomic E-state index is 11.4. The molecule has 0 aliphatic rings. The van der Waals surface area contributed by atoms with Gasteiger partial charge in [-0.25, -0.2) is 0 Å². The Hall–Kier alpha value is -1.34. The number of carbonyl (C=O) groups is 1. The molecule has 1 rings (SSSR count). The number of hydrogen-bond acceptors (Lipinski definition) is 1. The SMILES string of the molecule is C=CC/C(C(C)=O)=C(/Cl)c1ccccc1. The average Bonchev–Trinajstić information content (AvgIpc) is 2.26. The molecule has 0 atom stereocenters. The highest BCUT2D eigenvalue weighted by molar-refractivity contribution is 6.51. The van der Waals surface area contributed by atoms with Crippen LogP contribution >= 0.6 is 11.6 Å². The first-order valence-electron chi connectivity index (χ1n) is 4.72. The lowest BCUT2D eigenvalue weighted by Gasteiger charge is -2.05. The van der Waals surface area contributed by atoms with Gasteiger partial charge in [0.15, 0.2) is 5.78 Å². The third-order valence-electron chi connectivity index (χ3n) is 2.07. The Labute approximate surface area is 95.1 Å². The average molecular weight is 221 g/mol. The van der Waals surface area contributed by atoms with Crippen LogP contribution < -0.4 is 0 Å². The van der Waals surface area contributed by atoms with Gasteiger partial charge in [-0.2, -0.15) is 0 Å². The van der Waals surface area contributed by atoms with Crippen LogP contribution in [0.25, 0.3) is 5.03 Å². The van der Waals surface area contributed by atoms with E-state index in [-0.39, 0.29) is 5.78 Å². The van der Waals surface area contributed by atoms with E-state index in [0.29, 0.717) is 17.0 Å². The molecule has 1 aromatic carbocycles. The van der Waals surface area contributed by atoms with Crippen LogP contribution in [0.5, 0.6) is 0 Å². The first-order chi connectivity index (χ1) is 7.16. The molecule has 0 saturated carbocycles. The maximum absolute atomic E-state index is 11.4. The molecule has 0 amide bonds. The summed E-state index contributed by atoms with van der Waals surface area (Å²) < 4.78 is 0. The van der Waals surface area contributed by atoms with Gasteiger partial charge in [0, 0.05) is 5.57 Å². The molecule has 0 heterocycles. The molecule has 15 heavy (non-hydrogen) atoms. The van der Waals surface area contributed by atoms with E-state index in [0.717, 1.165) is 5.56 Å². The fraction of sp³-hybridized carbons (Fsp3) is 0.154. The zero-order chi connectivity index (χ0) is 11.3. The fourth-order valence-electron chi connectivity index (χ4n) is 1.29. The number of rotatable bonds is 4. The molecule has 1 aromatic rings. The normalized spacial score (nSPS) is 11.9. The molecule has 0 bridgehead atoms. The third-order valence-corrected chi connectivity index (χ3v) is 2.51. The minimum Gasteiger partial charge on any atom is -0.295 e. The van der Waals surface area contributed by atoms with Gasteiger partial charge in [-0.05, 0) is 18.9 Å². The third kappa shape index (κ3) is 3.07. The lowest BCUT2D eigenvalue weighted by atomic mass is 10.0. The number of Topliss-reactive ketones (excluding diaryl/α,β-unsaturated/α-hetero) is 1. The Morgan fingerprint density at radius 2 is 2.00 bits per heavy atom. The zero-order valence-corrected chi connectivity index (χ0v) is 9.42. The second kappa shape index (κ2) is 5.52. The number of benzene rings is 1. The number of hydrogen-bond donors (Lipinski definition) is 0. The fourth-order valence-corrected chi connectivity index (χ4v) is 1.63. The second-order valence-corrected chi connectivity index (χ2v) is 3.59. The van der Waals surface area contributed by atoms with Gasteiger partial charge in [0.2, 0.25) is 0 Å². The van der Waals surface area contributed by atoms with Crippen molar-refractivity contribution < 1.29 is 4.79 Å². The van der Waals surface area contributed by atoms with Gasteiger partial charge >= 0.3 is 0 Å². The Kier molecular flexibility index (Phi) is 4.32. The van der Waals surface area contributed by atoms with E-state index < -0.39 is 0 Å². The first kappa shape index (κ1) is 11.7. The van der Waals surface area contributed by atoms with Crippen molar-refractivity contribution in [2.75, 3.05) is 0 Å². The van der Waals surface area contributed by atoms with Gasteiger partial charge in [-0.1, -0.05) is 48.0 Å². The molecule has 0 radical (unpaired) electrons. The van der Waals surface area contributed by atoms with Crippen LogP contribution in [0.1, 0.15) is 18.9 Å². The van der Waals surface area contributed by atoms with Gasteiger partial charge in [-0.15, -0.1) is 6.58 Å². The van der Waals surface area contributed by atoms with Crippen molar-refractivity contribution in [2.24, 2.45) is 0 Å². The summed E-state index contributed by atoms with van der Waals surface area (Å²) in [5.74, 6) is -0.0104. The van der Waals surface area contributed by atoms with Crippen molar-refractivity contribution in [1.82, 2.24) is 0 Å². The predicted molar refractivity (Wildman–Crippen MR) is 64.7 cm³/mol. The summed E-state index contributed by atoms with van der Waals surface area (Å²) in [4.78, 5) is 11.4. The van der Waals surface area contributed by atoms with Crippen molar-refractivity contribution in [1.29, 1.82) is 0 Å². The number of allylic oxidation sites excluding steroid dienone is 2. The standard InChI is InChI=1S/C13H13ClO/c1-3-7-12(10(2)15)13(14)11-8-5-4-6-9-11/h3-6,8-9H,1,7H2,2H3/b13-12-. The number of halogens is 1. The largest absolute Gasteiger partial charge is 0.295 e. The molecule has 0 aromatic heterocycles. The van der Waals surface area contributed by atoms with E-state index in [9.17, 15) is 4.79 Å². The Bertz CT molecular complexity index is 390. The van der Waals surface area contributed by atoms with E-state index in [1.807, 2.05) is 30.3 Å². The van der Waals surface area contributed by atoms with Crippen molar-refractivity contribution in [3.63, 3.8) is 0 Å². The van der Waals surface area contributed by atoms with E-state index in [4.69, 9.17) is 11.6 Å². The molecular weight excluding hydrogens is 208 g/mol. The minimum absolute atomic E-state index is 0.0104. The summed E-state index contributed by atoms with van der Waals surface area (Å²) in [6.45, 7) is 5.13. The van der Waals surface area contributed by atoms with Crippen molar-refractivity contribution in [3.05, 3.63) is 54.1 Å². The van der Waals surface area contributed by atoms with Crippen LogP contribution in [0.15, 0.2) is 48.6 Å². The van der Waals surface area contributed by atoms with Gasteiger partial charge in [0.25, 0.3) is 0 Å². The molecule has 78 valence electrons. The van der Waals surface area contributed by atoms with Crippen molar-refractivity contribution in [2.45, 2.75) is 13.3 Å². The highest BCUT2D eigenvalue weighted by atomic mass is 35.5. The van der Waals surface area contributed by atoms with Crippen molar-refractivity contribution >= 4 is 22.4 Å². The lowest BCUT2D eigenvalue weighted by molar-refractivity contribution is -0.113. The van der Waals surface area contributed by atoms with Crippen LogP contribution in [-0.2, 0) is 4.79 Å². The monoisotopic (exact) mass is 220 g/mol. The summed E-state index contributed by atoms with van der Waals surface area (Å²) in [6, 6.07) is 9.46. The molecule has 0 aliphatic heterocycles. The summed E-state index contributed by atoms with van der Waals surface area (Å²) in [7, 11) is 0. The molecule has 1 nitrogen and oxygen atoms in total.